The van der Waals surface area contributed by atoms with Crippen molar-refractivity contribution < 1.29 is 0 Å². The summed E-state index contributed by atoms with van der Waals surface area (Å²) in [6.45, 7) is 3.86. The number of nitrogens with two attached hydrogens (primary N) is 1. The van der Waals surface area contributed by atoms with Gasteiger partial charge in [-0.3, -0.25) is 0 Å². The molecule has 82 valence electrons. The third-order valence-electron chi connectivity index (χ3n) is 3.19. The maximum absolute atomic E-state index is 5.60. The molecule has 3 N–H and O–H groups in total. The first-order valence-corrected chi connectivity index (χ1v) is 5.61. The van der Waals surface area contributed by atoms with Gasteiger partial charge < -0.3 is 11.1 Å². The molecule has 0 unspecified atom stereocenters. The van der Waals surface area contributed by atoms with Crippen LogP contribution in [-0.4, -0.2) is 18.1 Å². The normalized spacial score (nSPS) is 17.5. The van der Waals surface area contributed by atoms with Crippen LogP contribution in [0.25, 0.3) is 0 Å². The first-order valence-electron chi connectivity index (χ1n) is 5.61. The molecule has 1 saturated carbocycles. The van der Waals surface area contributed by atoms with Gasteiger partial charge in [-0.05, 0) is 49.8 Å². The summed E-state index contributed by atoms with van der Waals surface area (Å²) in [6, 6.07) is 4.12. The van der Waals surface area contributed by atoms with Gasteiger partial charge in [0.2, 0.25) is 0 Å². The summed E-state index contributed by atoms with van der Waals surface area (Å²) in [6.07, 6.45) is 5.64. The molecule has 15 heavy (non-hydrogen) atoms. The van der Waals surface area contributed by atoms with Gasteiger partial charge in [-0.15, -0.1) is 0 Å². The predicted molar refractivity (Wildman–Crippen MR) is 62.8 cm³/mol. The second-order valence-corrected chi connectivity index (χ2v) is 4.61. The fourth-order valence-corrected chi connectivity index (χ4v) is 1.85. The van der Waals surface area contributed by atoms with E-state index in [1.807, 2.05) is 19.2 Å². The molecule has 3 nitrogen and oxygen atoms in total. The molecular formula is C12H19N3. The molecule has 1 aliphatic rings. The van der Waals surface area contributed by atoms with Gasteiger partial charge in [0.05, 0.1) is 0 Å². The van der Waals surface area contributed by atoms with Crippen LogP contribution in [0.3, 0.4) is 0 Å². The first-order chi connectivity index (χ1) is 7.24. The Morgan fingerprint density at radius 3 is 2.80 bits per heavy atom. The van der Waals surface area contributed by atoms with Gasteiger partial charge in [0, 0.05) is 12.7 Å². The van der Waals surface area contributed by atoms with Crippen molar-refractivity contribution in [3.05, 3.63) is 23.9 Å². The molecule has 0 aliphatic heterocycles. The number of hydrogen-bond acceptors (Lipinski definition) is 3. The number of pyridine rings is 1. The Kier molecular flexibility index (Phi) is 2.91. The molecule has 0 saturated heterocycles. The third kappa shape index (κ3) is 2.69. The van der Waals surface area contributed by atoms with Gasteiger partial charge in [0.15, 0.2) is 0 Å². The van der Waals surface area contributed by atoms with E-state index in [1.165, 1.54) is 18.4 Å². The molecule has 1 fully saturated rings. The first kappa shape index (κ1) is 10.4. The molecule has 0 aromatic carbocycles. The summed E-state index contributed by atoms with van der Waals surface area (Å²) in [5, 5.41) is 3.39. The highest BCUT2D eigenvalue weighted by Gasteiger charge is 2.41. The molecule has 1 aromatic heterocycles. The van der Waals surface area contributed by atoms with Crippen LogP contribution in [0.1, 0.15) is 24.8 Å². The van der Waals surface area contributed by atoms with Crippen molar-refractivity contribution in [1.29, 1.82) is 0 Å². The van der Waals surface area contributed by atoms with Crippen LogP contribution in [-0.2, 0) is 0 Å². The van der Waals surface area contributed by atoms with Crippen molar-refractivity contribution in [2.75, 3.05) is 18.4 Å². The Morgan fingerprint density at radius 1 is 1.47 bits per heavy atom. The van der Waals surface area contributed by atoms with E-state index in [0.29, 0.717) is 5.41 Å². The largest absolute Gasteiger partial charge is 0.370 e. The third-order valence-corrected chi connectivity index (χ3v) is 3.19. The number of aromatic nitrogens is 1. The van der Waals surface area contributed by atoms with Crippen LogP contribution in [0.4, 0.5) is 5.82 Å². The van der Waals surface area contributed by atoms with E-state index in [0.717, 1.165) is 25.3 Å². The molecular weight excluding hydrogens is 186 g/mol. The zero-order valence-corrected chi connectivity index (χ0v) is 9.29. The smallest absolute Gasteiger partial charge is 0.125 e. The van der Waals surface area contributed by atoms with Crippen LogP contribution >= 0.6 is 0 Å². The van der Waals surface area contributed by atoms with E-state index in [-0.39, 0.29) is 0 Å². The van der Waals surface area contributed by atoms with Crippen LogP contribution in [0, 0.1) is 12.3 Å². The molecule has 0 atom stereocenters. The number of hydrogen-bond donors (Lipinski definition) is 2. The second kappa shape index (κ2) is 4.19. The maximum atomic E-state index is 5.60. The Hall–Kier alpha value is -1.09. The summed E-state index contributed by atoms with van der Waals surface area (Å²) in [5.74, 6) is 0.976. The molecule has 0 radical (unpaired) electrons. The Balaban J connectivity index is 1.85. The summed E-state index contributed by atoms with van der Waals surface area (Å²) < 4.78 is 0. The topological polar surface area (TPSA) is 50.9 Å². The number of aryl methyl sites for hydroxylation is 1. The van der Waals surface area contributed by atoms with Gasteiger partial charge in [-0.2, -0.15) is 0 Å². The van der Waals surface area contributed by atoms with Crippen molar-refractivity contribution in [3.63, 3.8) is 0 Å². The number of rotatable bonds is 5. The van der Waals surface area contributed by atoms with E-state index >= 15 is 0 Å². The minimum Gasteiger partial charge on any atom is -0.370 e. The SMILES string of the molecule is Cc1ccc(NCC2(CCN)CC2)nc1. The van der Waals surface area contributed by atoms with Crippen LogP contribution in [0.5, 0.6) is 0 Å². The average molecular weight is 205 g/mol. The zero-order valence-electron chi connectivity index (χ0n) is 9.29. The van der Waals surface area contributed by atoms with Crippen LogP contribution in [0.15, 0.2) is 18.3 Å². The number of nitrogens with zero attached hydrogens (tertiary/aromatic N) is 1. The van der Waals surface area contributed by atoms with Crippen molar-refractivity contribution in [3.8, 4) is 0 Å². The molecule has 2 rings (SSSR count). The van der Waals surface area contributed by atoms with E-state index < -0.39 is 0 Å². The molecule has 1 aliphatic carbocycles. The average Bonchev–Trinajstić information content (AvgIpc) is 2.99. The Labute approximate surface area is 91.1 Å². The van der Waals surface area contributed by atoms with Crippen LogP contribution in [0.2, 0.25) is 0 Å². The highest BCUT2D eigenvalue weighted by molar-refractivity contribution is 5.35. The lowest BCUT2D eigenvalue weighted by Gasteiger charge is -2.15. The van der Waals surface area contributed by atoms with Gasteiger partial charge >= 0.3 is 0 Å². The number of nitrogens with one attached hydrogen (secondary N) is 1. The lowest BCUT2D eigenvalue weighted by Crippen LogP contribution is -2.19. The molecule has 3 heteroatoms. The lowest BCUT2D eigenvalue weighted by atomic mass is 10.0. The van der Waals surface area contributed by atoms with Gasteiger partial charge in [-0.1, -0.05) is 6.07 Å². The number of anilines is 1. The van der Waals surface area contributed by atoms with Crippen molar-refractivity contribution in [1.82, 2.24) is 4.98 Å². The quantitative estimate of drug-likeness (QED) is 0.772. The minimum atomic E-state index is 0.474. The highest BCUT2D eigenvalue weighted by atomic mass is 15.0. The Morgan fingerprint density at radius 2 is 2.27 bits per heavy atom. The Bertz CT molecular complexity index is 314. The zero-order chi connectivity index (χ0) is 10.7. The van der Waals surface area contributed by atoms with E-state index in [2.05, 4.69) is 16.4 Å². The fourth-order valence-electron chi connectivity index (χ4n) is 1.85. The van der Waals surface area contributed by atoms with E-state index in [1.54, 1.807) is 0 Å². The highest BCUT2D eigenvalue weighted by Crippen LogP contribution is 2.48. The molecule has 0 bridgehead atoms. The summed E-state index contributed by atoms with van der Waals surface area (Å²) in [7, 11) is 0. The van der Waals surface area contributed by atoms with Gasteiger partial charge in [0.25, 0.3) is 0 Å². The molecule has 0 amide bonds. The minimum absolute atomic E-state index is 0.474. The second-order valence-electron chi connectivity index (χ2n) is 4.61. The van der Waals surface area contributed by atoms with Gasteiger partial charge in [-0.25, -0.2) is 4.98 Å². The molecule has 1 aromatic rings. The summed E-state index contributed by atoms with van der Waals surface area (Å²) in [4.78, 5) is 4.33. The maximum Gasteiger partial charge on any atom is 0.125 e. The molecule has 0 spiro atoms. The van der Waals surface area contributed by atoms with Crippen molar-refractivity contribution in [2.24, 2.45) is 11.1 Å². The predicted octanol–water partition coefficient (Wildman–Crippen LogP) is 1.93. The van der Waals surface area contributed by atoms with E-state index in [4.69, 9.17) is 5.73 Å². The molecule has 1 heterocycles. The summed E-state index contributed by atoms with van der Waals surface area (Å²) in [5.41, 5.74) is 7.27. The van der Waals surface area contributed by atoms with Gasteiger partial charge in [0.1, 0.15) is 5.82 Å². The van der Waals surface area contributed by atoms with Crippen molar-refractivity contribution in [2.45, 2.75) is 26.2 Å². The van der Waals surface area contributed by atoms with Crippen LogP contribution < -0.4 is 11.1 Å². The summed E-state index contributed by atoms with van der Waals surface area (Å²) >= 11 is 0. The van der Waals surface area contributed by atoms with Crippen molar-refractivity contribution >= 4 is 5.82 Å². The standard InChI is InChI=1S/C12H19N3/c1-10-2-3-11(14-8-10)15-9-12(4-5-12)6-7-13/h2-3,8H,4-7,9,13H2,1H3,(H,14,15). The van der Waals surface area contributed by atoms with E-state index in [9.17, 15) is 0 Å². The fraction of sp³-hybridized carbons (Fsp3) is 0.583. The monoisotopic (exact) mass is 205 g/mol. The lowest BCUT2D eigenvalue weighted by molar-refractivity contribution is 0.500.